The molecule has 0 aliphatic rings. The summed E-state index contributed by atoms with van der Waals surface area (Å²) in [5.74, 6) is 0.810. The number of nitrogens with zero attached hydrogens (tertiary/aromatic N) is 1. The monoisotopic (exact) mass is 241 g/mol. The predicted octanol–water partition coefficient (Wildman–Crippen LogP) is 3.88. The highest BCUT2D eigenvalue weighted by Crippen LogP contribution is 2.26. The van der Waals surface area contributed by atoms with Crippen molar-refractivity contribution in [2.75, 3.05) is 0 Å². The van der Waals surface area contributed by atoms with Crippen molar-refractivity contribution >= 4 is 21.4 Å². The first kappa shape index (κ1) is 10.3. The molecule has 2 nitrogen and oxygen atoms in total. The van der Waals surface area contributed by atoms with Gasteiger partial charge in [-0.1, -0.05) is 18.2 Å². The van der Waals surface area contributed by atoms with Crippen LogP contribution in [0.4, 0.5) is 0 Å². The summed E-state index contributed by atoms with van der Waals surface area (Å²) in [5.41, 5.74) is 0. The Morgan fingerprint density at radius 2 is 2.06 bits per heavy atom. The minimum atomic E-state index is 0.602. The highest BCUT2D eigenvalue weighted by Gasteiger charge is 2.01. The molecule has 0 atom stereocenters. The fraction of sp³-hybridized carbons (Fsp3) is 0.0714. The van der Waals surface area contributed by atoms with E-state index in [0.717, 1.165) is 5.75 Å². The number of thiophene rings is 1. The molecule has 0 aliphatic carbocycles. The summed E-state index contributed by atoms with van der Waals surface area (Å²) in [6, 6.07) is 14.3. The Morgan fingerprint density at radius 3 is 2.88 bits per heavy atom. The molecule has 0 unspecified atom stereocenters. The smallest absolute Gasteiger partial charge is 0.138 e. The molecule has 2 heterocycles. The molecular formula is C14H11NOS. The zero-order valence-electron chi connectivity index (χ0n) is 9.17. The van der Waals surface area contributed by atoms with Crippen LogP contribution >= 0.6 is 11.3 Å². The van der Waals surface area contributed by atoms with Gasteiger partial charge in [0.1, 0.15) is 12.4 Å². The van der Waals surface area contributed by atoms with Crippen LogP contribution in [0.2, 0.25) is 0 Å². The first-order valence-corrected chi connectivity index (χ1v) is 6.24. The summed E-state index contributed by atoms with van der Waals surface area (Å²) < 4.78 is 6.97. The van der Waals surface area contributed by atoms with Gasteiger partial charge >= 0.3 is 0 Å². The van der Waals surface area contributed by atoms with Crippen molar-refractivity contribution in [2.24, 2.45) is 0 Å². The third-order valence-corrected chi connectivity index (χ3v) is 3.58. The van der Waals surface area contributed by atoms with E-state index in [2.05, 4.69) is 35.3 Å². The summed E-state index contributed by atoms with van der Waals surface area (Å²) in [6.45, 7) is 0.602. The van der Waals surface area contributed by atoms with E-state index in [0.29, 0.717) is 6.61 Å². The molecule has 3 heteroatoms. The lowest BCUT2D eigenvalue weighted by Gasteiger charge is -2.02. The SMILES string of the molecule is c1cncc(OCc2cc3ccccc3s2)c1. The van der Waals surface area contributed by atoms with Crippen LogP contribution < -0.4 is 4.74 Å². The highest BCUT2D eigenvalue weighted by atomic mass is 32.1. The second-order valence-corrected chi connectivity index (χ2v) is 4.90. The van der Waals surface area contributed by atoms with Gasteiger partial charge in [-0.2, -0.15) is 0 Å². The largest absolute Gasteiger partial charge is 0.486 e. The van der Waals surface area contributed by atoms with E-state index in [-0.39, 0.29) is 0 Å². The van der Waals surface area contributed by atoms with Crippen LogP contribution in [-0.4, -0.2) is 4.98 Å². The lowest BCUT2D eigenvalue weighted by Crippen LogP contribution is -1.92. The van der Waals surface area contributed by atoms with Gasteiger partial charge in [-0.15, -0.1) is 11.3 Å². The number of ether oxygens (including phenoxy) is 1. The molecule has 1 aromatic carbocycles. The van der Waals surface area contributed by atoms with Crippen molar-refractivity contribution in [3.63, 3.8) is 0 Å². The van der Waals surface area contributed by atoms with Gasteiger partial charge in [-0.05, 0) is 29.7 Å². The van der Waals surface area contributed by atoms with E-state index in [1.165, 1.54) is 15.0 Å². The van der Waals surface area contributed by atoms with Crippen LogP contribution in [0, 0.1) is 0 Å². The fourth-order valence-corrected chi connectivity index (χ4v) is 2.67. The van der Waals surface area contributed by atoms with E-state index in [1.807, 2.05) is 12.1 Å². The van der Waals surface area contributed by atoms with Crippen LogP contribution in [0.25, 0.3) is 10.1 Å². The van der Waals surface area contributed by atoms with Gasteiger partial charge in [0.05, 0.1) is 6.20 Å². The zero-order chi connectivity index (χ0) is 11.5. The summed E-state index contributed by atoms with van der Waals surface area (Å²) in [4.78, 5) is 5.25. The molecule has 0 spiro atoms. The Bertz CT molecular complexity index is 585. The molecule has 0 saturated heterocycles. The maximum Gasteiger partial charge on any atom is 0.138 e. The topological polar surface area (TPSA) is 22.1 Å². The van der Waals surface area contributed by atoms with Gasteiger partial charge in [0, 0.05) is 15.8 Å². The molecule has 3 rings (SSSR count). The predicted molar refractivity (Wildman–Crippen MR) is 70.4 cm³/mol. The molecule has 3 aromatic rings. The number of hydrogen-bond donors (Lipinski definition) is 0. The van der Waals surface area contributed by atoms with Gasteiger partial charge in [0.2, 0.25) is 0 Å². The van der Waals surface area contributed by atoms with Gasteiger partial charge in [-0.25, -0.2) is 0 Å². The molecule has 0 amide bonds. The second kappa shape index (κ2) is 4.55. The first-order chi connectivity index (χ1) is 8.42. The molecule has 0 bridgehead atoms. The Labute approximate surface area is 104 Å². The van der Waals surface area contributed by atoms with E-state index in [9.17, 15) is 0 Å². The van der Waals surface area contributed by atoms with Gasteiger partial charge < -0.3 is 4.74 Å². The molecule has 0 saturated carbocycles. The lowest BCUT2D eigenvalue weighted by atomic mass is 10.2. The molecule has 17 heavy (non-hydrogen) atoms. The zero-order valence-corrected chi connectivity index (χ0v) is 9.98. The molecule has 0 N–H and O–H groups in total. The van der Waals surface area contributed by atoms with Crippen molar-refractivity contribution in [3.8, 4) is 5.75 Å². The number of fused-ring (bicyclic) bond motifs is 1. The Kier molecular flexibility index (Phi) is 2.76. The lowest BCUT2D eigenvalue weighted by molar-refractivity contribution is 0.308. The Morgan fingerprint density at radius 1 is 1.12 bits per heavy atom. The number of benzene rings is 1. The molecule has 0 fully saturated rings. The quantitative estimate of drug-likeness (QED) is 0.694. The summed E-state index contributed by atoms with van der Waals surface area (Å²) >= 11 is 1.77. The maximum atomic E-state index is 5.67. The third-order valence-electron chi connectivity index (χ3n) is 2.49. The van der Waals surface area contributed by atoms with E-state index in [4.69, 9.17) is 4.74 Å². The van der Waals surface area contributed by atoms with Gasteiger partial charge in [-0.3, -0.25) is 4.98 Å². The van der Waals surface area contributed by atoms with E-state index < -0.39 is 0 Å². The molecule has 0 aliphatic heterocycles. The number of pyridine rings is 1. The van der Waals surface area contributed by atoms with Crippen molar-refractivity contribution in [2.45, 2.75) is 6.61 Å². The molecular weight excluding hydrogens is 230 g/mol. The third kappa shape index (κ3) is 2.29. The van der Waals surface area contributed by atoms with Gasteiger partial charge in [0.25, 0.3) is 0 Å². The van der Waals surface area contributed by atoms with Crippen LogP contribution in [0.5, 0.6) is 5.75 Å². The van der Waals surface area contributed by atoms with Crippen molar-refractivity contribution in [1.29, 1.82) is 0 Å². The standard InChI is InChI=1S/C14H11NOS/c1-2-6-14-11(4-1)8-13(17-14)10-16-12-5-3-7-15-9-12/h1-9H,10H2. The number of hydrogen-bond acceptors (Lipinski definition) is 3. The summed E-state index contributed by atoms with van der Waals surface area (Å²) in [6.07, 6.45) is 3.47. The average Bonchev–Trinajstić information content (AvgIpc) is 2.80. The van der Waals surface area contributed by atoms with Crippen LogP contribution in [0.3, 0.4) is 0 Å². The Hall–Kier alpha value is -1.87. The van der Waals surface area contributed by atoms with Crippen LogP contribution in [0.1, 0.15) is 4.88 Å². The van der Waals surface area contributed by atoms with Gasteiger partial charge in [0.15, 0.2) is 0 Å². The van der Waals surface area contributed by atoms with Crippen molar-refractivity contribution < 1.29 is 4.74 Å². The second-order valence-electron chi connectivity index (χ2n) is 3.73. The van der Waals surface area contributed by atoms with E-state index >= 15 is 0 Å². The molecule has 2 aromatic heterocycles. The van der Waals surface area contributed by atoms with E-state index in [1.54, 1.807) is 23.7 Å². The van der Waals surface area contributed by atoms with Crippen molar-refractivity contribution in [1.82, 2.24) is 4.98 Å². The molecule has 84 valence electrons. The normalized spacial score (nSPS) is 10.6. The van der Waals surface area contributed by atoms with Crippen LogP contribution in [-0.2, 0) is 6.61 Å². The molecule has 0 radical (unpaired) electrons. The van der Waals surface area contributed by atoms with Crippen LogP contribution in [0.15, 0.2) is 54.9 Å². The minimum Gasteiger partial charge on any atom is -0.486 e. The number of aromatic nitrogens is 1. The fourth-order valence-electron chi connectivity index (χ4n) is 1.69. The number of rotatable bonds is 3. The maximum absolute atomic E-state index is 5.67. The summed E-state index contributed by atoms with van der Waals surface area (Å²) in [7, 11) is 0. The van der Waals surface area contributed by atoms with Crippen molar-refractivity contribution in [3.05, 3.63) is 59.7 Å². The minimum absolute atomic E-state index is 0.602. The highest BCUT2D eigenvalue weighted by molar-refractivity contribution is 7.19. The average molecular weight is 241 g/mol. The Balaban J connectivity index is 1.77. The first-order valence-electron chi connectivity index (χ1n) is 5.42. The summed E-state index contributed by atoms with van der Waals surface area (Å²) in [5, 5.41) is 1.28.